The second-order valence-electron chi connectivity index (χ2n) is 5.26. The highest BCUT2D eigenvalue weighted by atomic mass is 16.6. The first-order valence-electron chi connectivity index (χ1n) is 7.32. The first-order chi connectivity index (χ1) is 11.4. The van der Waals surface area contributed by atoms with E-state index in [2.05, 4.69) is 5.32 Å². The molecule has 0 spiro atoms. The van der Waals surface area contributed by atoms with E-state index in [1.165, 1.54) is 25.3 Å². The molecule has 0 fully saturated rings. The lowest BCUT2D eigenvalue weighted by molar-refractivity contribution is -0.384. The third kappa shape index (κ3) is 4.01. The van der Waals surface area contributed by atoms with Gasteiger partial charge in [0, 0.05) is 12.1 Å². The van der Waals surface area contributed by atoms with Crippen molar-refractivity contribution in [1.82, 2.24) is 0 Å². The van der Waals surface area contributed by atoms with Gasteiger partial charge in [0.25, 0.3) is 11.6 Å². The summed E-state index contributed by atoms with van der Waals surface area (Å²) >= 11 is 0. The first kappa shape index (κ1) is 17.3. The summed E-state index contributed by atoms with van der Waals surface area (Å²) in [6.07, 6.45) is -0.177. The van der Waals surface area contributed by atoms with Gasteiger partial charge in [0.1, 0.15) is 11.5 Å². The number of methoxy groups -OCH3 is 1. The number of non-ortho nitro benzene ring substituents is 1. The largest absolute Gasteiger partial charge is 0.495 e. The average molecular weight is 330 g/mol. The van der Waals surface area contributed by atoms with Crippen LogP contribution in [0, 0.1) is 10.1 Å². The summed E-state index contributed by atoms with van der Waals surface area (Å²) in [7, 11) is 1.49. The third-order valence-electron chi connectivity index (χ3n) is 3.14. The van der Waals surface area contributed by atoms with E-state index >= 15 is 0 Å². The molecular formula is C17H18N2O5. The van der Waals surface area contributed by atoms with Gasteiger partial charge in [-0.05, 0) is 32.0 Å². The maximum Gasteiger partial charge on any atom is 0.270 e. The van der Waals surface area contributed by atoms with E-state index in [0.717, 1.165) is 0 Å². The number of nitro groups is 1. The van der Waals surface area contributed by atoms with Crippen molar-refractivity contribution in [2.75, 3.05) is 12.4 Å². The van der Waals surface area contributed by atoms with Gasteiger partial charge in [-0.2, -0.15) is 0 Å². The first-order valence-corrected chi connectivity index (χ1v) is 7.32. The Kier molecular flexibility index (Phi) is 5.36. The molecule has 126 valence electrons. The molecule has 7 nitrogen and oxygen atoms in total. The third-order valence-corrected chi connectivity index (χ3v) is 3.14. The van der Waals surface area contributed by atoms with Crippen LogP contribution < -0.4 is 14.8 Å². The second-order valence-corrected chi connectivity index (χ2v) is 5.26. The molecular weight excluding hydrogens is 312 g/mol. The van der Waals surface area contributed by atoms with Crippen LogP contribution in [0.2, 0.25) is 0 Å². The summed E-state index contributed by atoms with van der Waals surface area (Å²) in [6, 6.07) is 10.8. The van der Waals surface area contributed by atoms with Gasteiger partial charge in [0.05, 0.1) is 29.4 Å². The molecule has 2 aromatic carbocycles. The standard InChI is InChI=1S/C17H18N2O5/c1-11(2)24-15-9-8-12(19(21)22)10-13(15)17(20)18-14-6-4-5-7-16(14)23-3/h4-11H,1-3H3,(H,18,20). The van der Waals surface area contributed by atoms with Gasteiger partial charge in [-0.25, -0.2) is 0 Å². The molecule has 0 radical (unpaired) electrons. The molecule has 0 heterocycles. The van der Waals surface area contributed by atoms with Crippen LogP contribution in [0.3, 0.4) is 0 Å². The van der Waals surface area contributed by atoms with E-state index in [1.54, 1.807) is 24.3 Å². The number of ether oxygens (including phenoxy) is 2. The summed E-state index contributed by atoms with van der Waals surface area (Å²) in [5.41, 5.74) is 0.368. The molecule has 2 aromatic rings. The Balaban J connectivity index is 2.38. The molecule has 7 heteroatoms. The number of benzene rings is 2. The maximum atomic E-state index is 12.6. The van der Waals surface area contributed by atoms with E-state index in [1.807, 2.05) is 13.8 Å². The van der Waals surface area contributed by atoms with Crippen LogP contribution in [0.1, 0.15) is 24.2 Å². The molecule has 0 aromatic heterocycles. The summed E-state index contributed by atoms with van der Waals surface area (Å²) in [5.74, 6) is 0.254. The number of carbonyl (C=O) groups is 1. The smallest absolute Gasteiger partial charge is 0.270 e. The minimum Gasteiger partial charge on any atom is -0.495 e. The molecule has 1 N–H and O–H groups in total. The number of amides is 1. The number of anilines is 1. The van der Waals surface area contributed by atoms with Crippen molar-refractivity contribution in [2.24, 2.45) is 0 Å². The quantitative estimate of drug-likeness (QED) is 0.645. The SMILES string of the molecule is COc1ccccc1NC(=O)c1cc([N+](=O)[O-])ccc1OC(C)C. The highest BCUT2D eigenvalue weighted by Gasteiger charge is 2.19. The Morgan fingerprint density at radius 1 is 1.17 bits per heavy atom. The minimum absolute atomic E-state index is 0.0869. The van der Waals surface area contributed by atoms with E-state index in [4.69, 9.17) is 9.47 Å². The van der Waals surface area contributed by atoms with Crippen molar-refractivity contribution in [3.8, 4) is 11.5 Å². The van der Waals surface area contributed by atoms with E-state index in [9.17, 15) is 14.9 Å². The van der Waals surface area contributed by atoms with Gasteiger partial charge < -0.3 is 14.8 Å². The van der Waals surface area contributed by atoms with Gasteiger partial charge in [0.15, 0.2) is 0 Å². The zero-order valence-electron chi connectivity index (χ0n) is 13.6. The van der Waals surface area contributed by atoms with Crippen LogP contribution in [0.25, 0.3) is 0 Å². The van der Waals surface area contributed by atoms with Crippen molar-refractivity contribution < 1.29 is 19.2 Å². The average Bonchev–Trinajstić information content (AvgIpc) is 2.54. The van der Waals surface area contributed by atoms with Crippen LogP contribution in [0.5, 0.6) is 11.5 Å². The number of para-hydroxylation sites is 2. The summed E-state index contributed by atoms with van der Waals surface area (Å²) in [5, 5.41) is 13.7. The number of hydrogen-bond donors (Lipinski definition) is 1. The molecule has 1 amide bonds. The minimum atomic E-state index is -0.557. The highest BCUT2D eigenvalue weighted by Crippen LogP contribution is 2.28. The van der Waals surface area contributed by atoms with Crippen LogP contribution in [-0.2, 0) is 0 Å². The molecule has 0 bridgehead atoms. The zero-order valence-corrected chi connectivity index (χ0v) is 13.6. The lowest BCUT2D eigenvalue weighted by Crippen LogP contribution is -2.16. The lowest BCUT2D eigenvalue weighted by Gasteiger charge is -2.15. The lowest BCUT2D eigenvalue weighted by atomic mass is 10.1. The fourth-order valence-electron chi connectivity index (χ4n) is 2.10. The van der Waals surface area contributed by atoms with Crippen molar-refractivity contribution in [3.63, 3.8) is 0 Å². The molecule has 0 saturated heterocycles. The predicted molar refractivity (Wildman–Crippen MR) is 89.8 cm³/mol. The highest BCUT2D eigenvalue weighted by molar-refractivity contribution is 6.07. The predicted octanol–water partition coefficient (Wildman–Crippen LogP) is 3.64. The van der Waals surface area contributed by atoms with Gasteiger partial charge in [-0.3, -0.25) is 14.9 Å². The molecule has 0 aliphatic carbocycles. The molecule has 2 rings (SSSR count). The van der Waals surface area contributed by atoms with Crippen LogP contribution in [-0.4, -0.2) is 24.0 Å². The fourth-order valence-corrected chi connectivity index (χ4v) is 2.10. The van der Waals surface area contributed by atoms with Crippen molar-refractivity contribution >= 4 is 17.3 Å². The number of carbonyl (C=O) groups excluding carboxylic acids is 1. The summed E-state index contributed by atoms with van der Waals surface area (Å²) < 4.78 is 10.8. The van der Waals surface area contributed by atoms with Gasteiger partial charge in [-0.15, -0.1) is 0 Å². The van der Waals surface area contributed by atoms with Crippen LogP contribution in [0.15, 0.2) is 42.5 Å². The van der Waals surface area contributed by atoms with E-state index in [0.29, 0.717) is 11.4 Å². The van der Waals surface area contributed by atoms with Crippen LogP contribution in [0.4, 0.5) is 11.4 Å². The Morgan fingerprint density at radius 3 is 2.50 bits per heavy atom. The number of rotatable bonds is 6. The van der Waals surface area contributed by atoms with Gasteiger partial charge >= 0.3 is 0 Å². The second kappa shape index (κ2) is 7.45. The van der Waals surface area contributed by atoms with Crippen LogP contribution >= 0.6 is 0 Å². The topological polar surface area (TPSA) is 90.7 Å². The van der Waals surface area contributed by atoms with E-state index < -0.39 is 10.8 Å². The number of hydrogen-bond acceptors (Lipinski definition) is 5. The zero-order chi connectivity index (χ0) is 17.7. The summed E-state index contributed by atoms with van der Waals surface area (Å²) in [6.45, 7) is 3.62. The number of nitro benzene ring substituents is 1. The van der Waals surface area contributed by atoms with Crippen molar-refractivity contribution in [2.45, 2.75) is 20.0 Å². The maximum absolute atomic E-state index is 12.6. The number of nitrogens with zero attached hydrogens (tertiary/aromatic N) is 1. The fraction of sp³-hybridized carbons (Fsp3) is 0.235. The van der Waals surface area contributed by atoms with Gasteiger partial charge in [-0.1, -0.05) is 12.1 Å². The Hall–Kier alpha value is -3.09. The Bertz CT molecular complexity index is 758. The molecule has 0 aliphatic heterocycles. The molecule has 24 heavy (non-hydrogen) atoms. The molecule has 0 atom stereocenters. The van der Waals surface area contributed by atoms with E-state index in [-0.39, 0.29) is 23.1 Å². The van der Waals surface area contributed by atoms with Crippen molar-refractivity contribution in [1.29, 1.82) is 0 Å². The Labute approximate surface area is 139 Å². The monoisotopic (exact) mass is 330 g/mol. The van der Waals surface area contributed by atoms with Crippen molar-refractivity contribution in [3.05, 3.63) is 58.1 Å². The van der Waals surface area contributed by atoms with Gasteiger partial charge in [0.2, 0.25) is 0 Å². The molecule has 0 aliphatic rings. The molecule has 0 saturated carbocycles. The normalized spacial score (nSPS) is 10.3. The number of nitrogens with one attached hydrogen (secondary N) is 1. The Morgan fingerprint density at radius 2 is 1.88 bits per heavy atom. The molecule has 0 unspecified atom stereocenters. The summed E-state index contributed by atoms with van der Waals surface area (Å²) in [4.78, 5) is 23.0.